The van der Waals surface area contributed by atoms with Crippen LogP contribution in [0, 0.1) is 3.70 Å². The van der Waals surface area contributed by atoms with Gasteiger partial charge in [0.25, 0.3) is 0 Å². The van der Waals surface area contributed by atoms with E-state index < -0.39 is 10.7 Å². The summed E-state index contributed by atoms with van der Waals surface area (Å²) < 4.78 is -0.0909. The van der Waals surface area contributed by atoms with Crippen molar-refractivity contribution in [2.45, 2.75) is 23.5 Å². The van der Waals surface area contributed by atoms with Gasteiger partial charge < -0.3 is 5.11 Å². The largest absolute Gasteiger partial charge is 0.480 e. The van der Waals surface area contributed by atoms with Crippen molar-refractivity contribution >= 4 is 40.3 Å². The van der Waals surface area contributed by atoms with Crippen LogP contribution in [0.3, 0.4) is 0 Å². The van der Waals surface area contributed by atoms with Crippen molar-refractivity contribution in [3.8, 4) is 11.3 Å². The van der Waals surface area contributed by atoms with E-state index in [-0.39, 0.29) is 0 Å². The maximum atomic E-state index is 11.3. The normalized spacial score (nSPS) is 11.3. The Hall–Kier alpha value is -1.22. The van der Waals surface area contributed by atoms with Crippen LogP contribution in [0.4, 0.5) is 0 Å². The lowest BCUT2D eigenvalue weighted by Crippen LogP contribution is -2.27. The Kier molecular flexibility index (Phi) is 4.59. The maximum absolute atomic E-state index is 11.3. The molecular weight excluding hydrogens is 389 g/mol. The summed E-state index contributed by atoms with van der Waals surface area (Å²) in [6.07, 6.45) is 4.81. The van der Waals surface area contributed by atoms with E-state index in [4.69, 9.17) is 0 Å². The Morgan fingerprint density at radius 3 is 2.80 bits per heavy atom. The number of carbonyl (C=O) groups is 1. The average Bonchev–Trinajstić information content (AvgIpc) is 2.38. The lowest BCUT2D eigenvalue weighted by Gasteiger charge is -2.19. The van der Waals surface area contributed by atoms with Crippen molar-refractivity contribution in [3.63, 3.8) is 0 Å². The second-order valence-electron chi connectivity index (χ2n) is 4.52. The summed E-state index contributed by atoms with van der Waals surface area (Å²) in [6.45, 7) is 3.32. The number of carboxylic acid groups (broad SMARTS) is 1. The van der Waals surface area contributed by atoms with Crippen LogP contribution in [0.2, 0.25) is 0 Å². The zero-order valence-electron chi connectivity index (χ0n) is 10.9. The zero-order chi connectivity index (χ0) is 14.8. The topological polar surface area (TPSA) is 76.0 Å². The van der Waals surface area contributed by atoms with Gasteiger partial charge >= 0.3 is 5.97 Å². The molecule has 2 rings (SSSR count). The molecule has 0 saturated heterocycles. The average molecular weight is 401 g/mol. The predicted molar refractivity (Wildman–Crippen MR) is 85.6 cm³/mol. The van der Waals surface area contributed by atoms with Crippen molar-refractivity contribution in [1.29, 1.82) is 0 Å². The molecule has 0 atom stereocenters. The molecule has 1 N–H and O–H groups in total. The molecule has 5 nitrogen and oxygen atoms in total. The van der Waals surface area contributed by atoms with Gasteiger partial charge in [-0.3, -0.25) is 9.78 Å². The smallest absolute Gasteiger partial charge is 0.319 e. The highest BCUT2D eigenvalue weighted by molar-refractivity contribution is 14.1. The molecule has 0 bridgehead atoms. The van der Waals surface area contributed by atoms with Crippen LogP contribution < -0.4 is 0 Å². The predicted octanol–water partition coefficient (Wildman–Crippen LogP) is 3.10. The number of thioether (sulfide) groups is 1. The molecule has 104 valence electrons. The first-order chi connectivity index (χ1) is 9.40. The minimum Gasteiger partial charge on any atom is -0.480 e. The van der Waals surface area contributed by atoms with Crippen molar-refractivity contribution in [2.75, 3.05) is 0 Å². The van der Waals surface area contributed by atoms with E-state index in [0.29, 0.717) is 0 Å². The number of hydrogen-bond acceptors (Lipinski definition) is 5. The van der Waals surface area contributed by atoms with Gasteiger partial charge in [-0.15, -0.1) is 11.8 Å². The number of pyridine rings is 1. The molecule has 0 unspecified atom stereocenters. The number of carboxylic acids is 1. The van der Waals surface area contributed by atoms with Crippen molar-refractivity contribution < 1.29 is 9.90 Å². The standard InChI is InChI=1S/C13H12IN3O2S/c1-13(2,12(18)19)20-9-6-15-7-17-11(9)8-3-4-16-10(14)5-8/h3-7H,1-2H3,(H,18,19). The van der Waals surface area contributed by atoms with E-state index in [1.807, 2.05) is 12.1 Å². The first kappa shape index (κ1) is 15.2. The third-order valence-electron chi connectivity index (χ3n) is 2.56. The number of aliphatic carboxylic acids is 1. The Morgan fingerprint density at radius 2 is 2.15 bits per heavy atom. The minimum atomic E-state index is -0.945. The van der Waals surface area contributed by atoms with E-state index in [0.717, 1.165) is 19.9 Å². The Balaban J connectivity index is 2.44. The van der Waals surface area contributed by atoms with Gasteiger partial charge in [0.05, 0.1) is 10.6 Å². The van der Waals surface area contributed by atoms with Crippen molar-refractivity contribution in [3.05, 3.63) is 34.6 Å². The number of halogens is 1. The van der Waals surface area contributed by atoms with Gasteiger partial charge in [-0.2, -0.15) is 0 Å². The van der Waals surface area contributed by atoms with Crippen LogP contribution >= 0.6 is 34.4 Å². The van der Waals surface area contributed by atoms with E-state index in [2.05, 4.69) is 37.5 Å². The molecule has 0 amide bonds. The SMILES string of the molecule is CC(C)(Sc1cncnc1-c1ccnc(I)c1)C(=O)O. The quantitative estimate of drug-likeness (QED) is 0.482. The van der Waals surface area contributed by atoms with E-state index in [9.17, 15) is 9.90 Å². The fraction of sp³-hybridized carbons (Fsp3) is 0.231. The van der Waals surface area contributed by atoms with Gasteiger partial charge in [-0.1, -0.05) is 0 Å². The molecule has 2 heterocycles. The second-order valence-corrected chi connectivity index (χ2v) is 7.29. The summed E-state index contributed by atoms with van der Waals surface area (Å²) in [5.41, 5.74) is 1.62. The summed E-state index contributed by atoms with van der Waals surface area (Å²) >= 11 is 3.36. The molecule has 0 saturated carbocycles. The van der Waals surface area contributed by atoms with Crippen LogP contribution in [0.15, 0.2) is 35.7 Å². The number of rotatable bonds is 4. The fourth-order valence-electron chi connectivity index (χ4n) is 1.48. The van der Waals surface area contributed by atoms with E-state index >= 15 is 0 Å². The van der Waals surface area contributed by atoms with E-state index in [1.165, 1.54) is 18.1 Å². The highest BCUT2D eigenvalue weighted by Crippen LogP contribution is 2.37. The molecule has 0 aromatic carbocycles. The number of hydrogen-bond donors (Lipinski definition) is 1. The van der Waals surface area contributed by atoms with Gasteiger partial charge in [-0.25, -0.2) is 9.97 Å². The van der Waals surface area contributed by atoms with Gasteiger partial charge in [0.15, 0.2) is 0 Å². The Labute approximate surface area is 134 Å². The van der Waals surface area contributed by atoms with Crippen LogP contribution in [0.5, 0.6) is 0 Å². The third kappa shape index (κ3) is 3.45. The van der Waals surface area contributed by atoms with Gasteiger partial charge in [-0.05, 0) is 48.6 Å². The lowest BCUT2D eigenvalue weighted by molar-refractivity contribution is -0.138. The van der Waals surface area contributed by atoms with Crippen LogP contribution in [0.1, 0.15) is 13.8 Å². The monoisotopic (exact) mass is 401 g/mol. The highest BCUT2D eigenvalue weighted by Gasteiger charge is 2.30. The molecule has 0 aliphatic heterocycles. The molecule has 2 aromatic rings. The molecule has 0 aliphatic rings. The minimum absolute atomic E-state index is 0.722. The second kappa shape index (κ2) is 6.04. The molecular formula is C13H12IN3O2S. The zero-order valence-corrected chi connectivity index (χ0v) is 13.8. The maximum Gasteiger partial charge on any atom is 0.319 e. The summed E-state index contributed by atoms with van der Waals surface area (Å²) in [5.74, 6) is -0.874. The highest BCUT2D eigenvalue weighted by atomic mass is 127. The first-order valence-electron chi connectivity index (χ1n) is 5.74. The Bertz CT molecular complexity index is 649. The number of aromatic nitrogens is 3. The van der Waals surface area contributed by atoms with E-state index in [1.54, 1.807) is 26.2 Å². The summed E-state index contributed by atoms with van der Waals surface area (Å²) in [5, 5.41) is 9.24. The van der Waals surface area contributed by atoms with Crippen LogP contribution in [0.25, 0.3) is 11.3 Å². The molecule has 20 heavy (non-hydrogen) atoms. The Morgan fingerprint density at radius 1 is 1.40 bits per heavy atom. The number of nitrogens with zero attached hydrogens (tertiary/aromatic N) is 3. The van der Waals surface area contributed by atoms with Gasteiger partial charge in [0, 0.05) is 18.0 Å². The van der Waals surface area contributed by atoms with Crippen LogP contribution in [-0.4, -0.2) is 30.8 Å². The first-order valence-corrected chi connectivity index (χ1v) is 7.64. The molecule has 0 fully saturated rings. The molecule has 2 aromatic heterocycles. The lowest BCUT2D eigenvalue weighted by atomic mass is 10.2. The van der Waals surface area contributed by atoms with Crippen molar-refractivity contribution in [2.24, 2.45) is 0 Å². The molecule has 0 radical (unpaired) electrons. The van der Waals surface area contributed by atoms with Crippen molar-refractivity contribution in [1.82, 2.24) is 15.0 Å². The van der Waals surface area contributed by atoms with Crippen LogP contribution in [-0.2, 0) is 4.79 Å². The molecule has 7 heteroatoms. The fourth-order valence-corrected chi connectivity index (χ4v) is 2.99. The summed E-state index contributed by atoms with van der Waals surface area (Å²) in [6, 6.07) is 3.75. The van der Waals surface area contributed by atoms with Gasteiger partial charge in [0.1, 0.15) is 14.8 Å². The third-order valence-corrected chi connectivity index (χ3v) is 4.35. The van der Waals surface area contributed by atoms with Gasteiger partial charge in [0.2, 0.25) is 0 Å². The summed E-state index contributed by atoms with van der Waals surface area (Å²) in [4.78, 5) is 24.4. The molecule has 0 spiro atoms. The summed E-state index contributed by atoms with van der Waals surface area (Å²) in [7, 11) is 0. The molecule has 0 aliphatic carbocycles.